The van der Waals surface area contributed by atoms with Crippen LogP contribution in [0.5, 0.6) is 0 Å². The molecule has 0 N–H and O–H groups in total. The monoisotopic (exact) mass is 188 g/mol. The van der Waals surface area contributed by atoms with Crippen LogP contribution in [0.25, 0.3) is 5.95 Å². The molecular weight excluding hydrogens is 176 g/mol. The molecule has 4 nitrogen and oxygen atoms in total. The van der Waals surface area contributed by atoms with Gasteiger partial charge < -0.3 is 0 Å². The molecule has 0 amide bonds. The maximum absolute atomic E-state index is 4.33. The van der Waals surface area contributed by atoms with Crippen molar-refractivity contribution >= 4 is 0 Å². The second-order valence-corrected chi connectivity index (χ2v) is 3.34. The van der Waals surface area contributed by atoms with Crippen LogP contribution in [0, 0.1) is 20.8 Å². The average Bonchev–Trinajstić information content (AvgIpc) is 2.49. The minimum atomic E-state index is 0.644. The molecule has 0 aromatic carbocycles. The molecule has 0 saturated carbocycles. The molecule has 0 saturated heterocycles. The molecule has 0 fully saturated rings. The highest BCUT2D eigenvalue weighted by atomic mass is 15.3. The summed E-state index contributed by atoms with van der Waals surface area (Å²) in [4.78, 5) is 8.65. The Labute approximate surface area is 82.6 Å². The number of nitrogens with zero attached hydrogens (tertiary/aromatic N) is 4. The van der Waals surface area contributed by atoms with E-state index < -0.39 is 0 Å². The van der Waals surface area contributed by atoms with Crippen LogP contribution in [-0.4, -0.2) is 19.7 Å². The van der Waals surface area contributed by atoms with E-state index in [4.69, 9.17) is 0 Å². The molecule has 0 radical (unpaired) electrons. The number of hydrogen-bond acceptors (Lipinski definition) is 3. The van der Waals surface area contributed by atoms with Crippen LogP contribution in [0.2, 0.25) is 0 Å². The zero-order valence-corrected chi connectivity index (χ0v) is 8.52. The third kappa shape index (κ3) is 1.51. The Bertz CT molecular complexity index is 439. The third-order valence-corrected chi connectivity index (χ3v) is 1.99. The highest BCUT2D eigenvalue weighted by molar-refractivity contribution is 5.19. The van der Waals surface area contributed by atoms with Crippen LogP contribution in [0.3, 0.4) is 0 Å². The zero-order chi connectivity index (χ0) is 10.1. The van der Waals surface area contributed by atoms with Crippen LogP contribution in [0.1, 0.15) is 17.1 Å². The first-order valence-corrected chi connectivity index (χ1v) is 4.50. The minimum absolute atomic E-state index is 0.644. The van der Waals surface area contributed by atoms with E-state index in [0.717, 1.165) is 17.1 Å². The summed E-state index contributed by atoms with van der Waals surface area (Å²) in [6.45, 7) is 5.89. The molecule has 0 aliphatic heterocycles. The van der Waals surface area contributed by atoms with Crippen LogP contribution in [0.4, 0.5) is 0 Å². The smallest absolute Gasteiger partial charge is 0.216 e. The van der Waals surface area contributed by atoms with Gasteiger partial charge in [-0.05, 0) is 32.9 Å². The van der Waals surface area contributed by atoms with Gasteiger partial charge in [0, 0.05) is 23.3 Å². The van der Waals surface area contributed by atoms with Crippen molar-refractivity contribution in [2.45, 2.75) is 20.8 Å². The maximum Gasteiger partial charge on any atom is 0.251 e. The Morgan fingerprint density at radius 2 is 1.71 bits per heavy atom. The van der Waals surface area contributed by atoms with Crippen LogP contribution in [-0.2, 0) is 0 Å². The zero-order valence-electron chi connectivity index (χ0n) is 8.52. The van der Waals surface area contributed by atoms with Crippen molar-refractivity contribution in [3.8, 4) is 5.95 Å². The lowest BCUT2D eigenvalue weighted by atomic mass is 10.3. The fraction of sp³-hybridized carbons (Fsp3) is 0.300. The van der Waals surface area contributed by atoms with Gasteiger partial charge in [-0.3, -0.25) is 0 Å². The Morgan fingerprint density at radius 3 is 2.21 bits per heavy atom. The van der Waals surface area contributed by atoms with Crippen LogP contribution >= 0.6 is 0 Å². The second-order valence-electron chi connectivity index (χ2n) is 3.34. The molecule has 2 aromatic heterocycles. The van der Waals surface area contributed by atoms with Gasteiger partial charge in [0.05, 0.1) is 0 Å². The molecule has 4 heteroatoms. The number of aryl methyl sites for hydroxylation is 3. The molecular formula is C10H12N4. The van der Waals surface area contributed by atoms with Gasteiger partial charge in [-0.15, -0.1) is 0 Å². The molecule has 2 rings (SSSR count). The summed E-state index contributed by atoms with van der Waals surface area (Å²) in [6, 6.07) is 3.88. The molecule has 72 valence electrons. The minimum Gasteiger partial charge on any atom is -0.216 e. The van der Waals surface area contributed by atoms with Crippen molar-refractivity contribution in [3.05, 3.63) is 35.4 Å². The highest BCUT2D eigenvalue weighted by Crippen LogP contribution is 2.06. The Hall–Kier alpha value is -1.71. The van der Waals surface area contributed by atoms with E-state index in [1.165, 1.54) is 0 Å². The van der Waals surface area contributed by atoms with Crippen molar-refractivity contribution in [2.75, 3.05) is 0 Å². The lowest BCUT2D eigenvalue weighted by molar-refractivity contribution is 0.771. The Balaban J connectivity index is 2.57. The molecule has 0 spiro atoms. The third-order valence-electron chi connectivity index (χ3n) is 1.99. The van der Waals surface area contributed by atoms with Gasteiger partial charge in [0.2, 0.25) is 0 Å². The summed E-state index contributed by atoms with van der Waals surface area (Å²) < 4.78 is 1.74. The number of rotatable bonds is 1. The lowest BCUT2D eigenvalue weighted by Gasteiger charge is -2.04. The summed E-state index contributed by atoms with van der Waals surface area (Å²) in [5.41, 5.74) is 2.96. The SMILES string of the molecule is Cc1cc(C)nc(-n2nccc2C)n1. The van der Waals surface area contributed by atoms with Gasteiger partial charge in [0.15, 0.2) is 0 Å². The molecule has 0 aliphatic rings. The Kier molecular flexibility index (Phi) is 2.04. The van der Waals surface area contributed by atoms with Gasteiger partial charge in [-0.1, -0.05) is 0 Å². The van der Waals surface area contributed by atoms with Crippen LogP contribution < -0.4 is 0 Å². The van der Waals surface area contributed by atoms with Crippen molar-refractivity contribution in [3.63, 3.8) is 0 Å². The fourth-order valence-electron chi connectivity index (χ4n) is 1.38. The second kappa shape index (κ2) is 3.21. The summed E-state index contributed by atoms with van der Waals surface area (Å²) in [5, 5.41) is 4.16. The van der Waals surface area contributed by atoms with Crippen molar-refractivity contribution in [1.29, 1.82) is 0 Å². The first kappa shape index (κ1) is 8.87. The summed E-state index contributed by atoms with van der Waals surface area (Å²) in [6.07, 6.45) is 1.75. The summed E-state index contributed by atoms with van der Waals surface area (Å²) >= 11 is 0. The van der Waals surface area contributed by atoms with Crippen molar-refractivity contribution < 1.29 is 0 Å². The van der Waals surface area contributed by atoms with E-state index >= 15 is 0 Å². The van der Waals surface area contributed by atoms with E-state index in [0.29, 0.717) is 5.95 Å². The van der Waals surface area contributed by atoms with Gasteiger partial charge in [-0.25, -0.2) is 14.6 Å². The first-order valence-electron chi connectivity index (χ1n) is 4.50. The Morgan fingerprint density at radius 1 is 1.07 bits per heavy atom. The summed E-state index contributed by atoms with van der Waals surface area (Å²) in [5.74, 6) is 0.644. The highest BCUT2D eigenvalue weighted by Gasteiger charge is 2.04. The molecule has 2 heterocycles. The number of aromatic nitrogens is 4. The van der Waals surface area contributed by atoms with Crippen molar-refractivity contribution in [1.82, 2.24) is 19.7 Å². The standard InChI is InChI=1S/C10H12N4/c1-7-6-8(2)13-10(12-7)14-9(3)4-5-11-14/h4-6H,1-3H3. The largest absolute Gasteiger partial charge is 0.251 e. The van der Waals surface area contributed by atoms with Crippen LogP contribution in [0.15, 0.2) is 18.3 Å². The average molecular weight is 188 g/mol. The van der Waals surface area contributed by atoms with E-state index in [-0.39, 0.29) is 0 Å². The fourth-order valence-corrected chi connectivity index (χ4v) is 1.38. The van der Waals surface area contributed by atoms with E-state index in [9.17, 15) is 0 Å². The molecule has 2 aromatic rings. The quantitative estimate of drug-likeness (QED) is 0.682. The van der Waals surface area contributed by atoms with Gasteiger partial charge in [0.25, 0.3) is 5.95 Å². The van der Waals surface area contributed by atoms with E-state index in [2.05, 4.69) is 15.1 Å². The molecule has 0 aliphatic carbocycles. The molecule has 0 unspecified atom stereocenters. The lowest BCUT2D eigenvalue weighted by Crippen LogP contribution is -2.06. The van der Waals surface area contributed by atoms with Gasteiger partial charge in [0.1, 0.15) is 0 Å². The molecule has 0 atom stereocenters. The van der Waals surface area contributed by atoms with E-state index in [1.807, 2.05) is 32.9 Å². The van der Waals surface area contributed by atoms with Crippen molar-refractivity contribution in [2.24, 2.45) is 0 Å². The molecule has 14 heavy (non-hydrogen) atoms. The maximum atomic E-state index is 4.33. The summed E-state index contributed by atoms with van der Waals surface area (Å²) in [7, 11) is 0. The predicted molar refractivity (Wildman–Crippen MR) is 53.4 cm³/mol. The topological polar surface area (TPSA) is 43.6 Å². The number of hydrogen-bond donors (Lipinski definition) is 0. The molecule has 0 bridgehead atoms. The predicted octanol–water partition coefficient (Wildman–Crippen LogP) is 1.59. The van der Waals surface area contributed by atoms with Gasteiger partial charge >= 0.3 is 0 Å². The first-order chi connectivity index (χ1) is 6.66. The van der Waals surface area contributed by atoms with E-state index in [1.54, 1.807) is 10.9 Å². The normalized spacial score (nSPS) is 10.5. The van der Waals surface area contributed by atoms with Gasteiger partial charge in [-0.2, -0.15) is 5.10 Å².